The number of nitrogens with one attached hydrogen (secondary N) is 1. The van der Waals surface area contributed by atoms with Gasteiger partial charge in [-0.1, -0.05) is 6.92 Å². The Balaban J connectivity index is 2.30. The first-order valence-corrected chi connectivity index (χ1v) is 10.8. The van der Waals surface area contributed by atoms with Crippen molar-refractivity contribution in [1.82, 2.24) is 23.9 Å². The predicted octanol–water partition coefficient (Wildman–Crippen LogP) is 1.99. The van der Waals surface area contributed by atoms with Gasteiger partial charge in [-0.05, 0) is 38.5 Å². The highest BCUT2D eigenvalue weighted by molar-refractivity contribution is 7.89. The van der Waals surface area contributed by atoms with Gasteiger partial charge in [0.1, 0.15) is 11.6 Å². The lowest BCUT2D eigenvalue weighted by atomic mass is 10.2. The number of hydrogen-bond acceptors (Lipinski definition) is 6. The number of aryl methyl sites for hydroxylation is 2. The Morgan fingerprint density at radius 1 is 1.24 bits per heavy atom. The number of fused-ring (bicyclic) bond motifs is 1. The summed E-state index contributed by atoms with van der Waals surface area (Å²) in [5, 5.41) is 4.57. The van der Waals surface area contributed by atoms with Crippen molar-refractivity contribution in [2.75, 3.05) is 20.7 Å². The van der Waals surface area contributed by atoms with Gasteiger partial charge in [-0.2, -0.15) is 0 Å². The van der Waals surface area contributed by atoms with Crippen molar-refractivity contribution in [3.05, 3.63) is 40.1 Å². The topological polar surface area (TPSA) is 110 Å². The summed E-state index contributed by atoms with van der Waals surface area (Å²) >= 11 is 0. The number of rotatable bonds is 7. The molecule has 2 aromatic heterocycles. The molecular weight excluding hydrogens is 394 g/mol. The van der Waals surface area contributed by atoms with Crippen molar-refractivity contribution in [1.29, 1.82) is 0 Å². The molecule has 0 bridgehead atoms. The third-order valence-corrected chi connectivity index (χ3v) is 6.31. The van der Waals surface area contributed by atoms with Crippen LogP contribution in [0.15, 0.2) is 27.9 Å². The molecule has 0 aliphatic carbocycles. The number of ether oxygens (including phenoxy) is 1. The number of H-pyrrole nitrogens is 1. The second-order valence-corrected chi connectivity index (χ2v) is 8.96. The number of nitrogens with zero attached hydrogens (tertiary/aromatic N) is 4. The van der Waals surface area contributed by atoms with Crippen LogP contribution in [0.25, 0.3) is 16.9 Å². The molecule has 0 saturated heterocycles. The van der Waals surface area contributed by atoms with Crippen molar-refractivity contribution >= 4 is 15.5 Å². The molecule has 10 heteroatoms. The molecule has 0 aliphatic heterocycles. The molecule has 0 unspecified atom stereocenters. The van der Waals surface area contributed by atoms with Crippen LogP contribution in [-0.4, -0.2) is 53.0 Å². The van der Waals surface area contributed by atoms with Gasteiger partial charge in [-0.15, -0.1) is 5.10 Å². The number of imidazole rings is 1. The number of benzene rings is 1. The van der Waals surface area contributed by atoms with Gasteiger partial charge >= 0.3 is 0 Å². The first-order valence-electron chi connectivity index (χ1n) is 9.39. The molecule has 1 aromatic carbocycles. The van der Waals surface area contributed by atoms with E-state index in [4.69, 9.17) is 4.74 Å². The van der Waals surface area contributed by atoms with E-state index in [1.165, 1.54) is 30.7 Å². The number of aromatic amines is 1. The average molecular weight is 420 g/mol. The second-order valence-electron chi connectivity index (χ2n) is 6.80. The van der Waals surface area contributed by atoms with Gasteiger partial charge in [0.05, 0.1) is 22.8 Å². The van der Waals surface area contributed by atoms with Crippen LogP contribution in [0.3, 0.4) is 0 Å². The SMILES string of the molecule is CCCc1nc(C)c2c(=O)[nH]c(-c3cc(S(=O)(=O)N(C)C)ccc3OCC)nn12. The summed E-state index contributed by atoms with van der Waals surface area (Å²) in [4.78, 5) is 20.0. The quantitative estimate of drug-likeness (QED) is 0.627. The van der Waals surface area contributed by atoms with E-state index >= 15 is 0 Å². The predicted molar refractivity (Wildman–Crippen MR) is 110 cm³/mol. The summed E-state index contributed by atoms with van der Waals surface area (Å²) in [5.41, 5.74) is 1.03. The third kappa shape index (κ3) is 3.77. The maximum atomic E-state index is 12.7. The van der Waals surface area contributed by atoms with Gasteiger partial charge in [-0.25, -0.2) is 22.2 Å². The van der Waals surface area contributed by atoms with Gasteiger partial charge in [0, 0.05) is 20.5 Å². The highest BCUT2D eigenvalue weighted by Gasteiger charge is 2.22. The molecule has 0 atom stereocenters. The zero-order valence-corrected chi connectivity index (χ0v) is 18.0. The third-order valence-electron chi connectivity index (χ3n) is 4.50. The van der Waals surface area contributed by atoms with E-state index in [0.29, 0.717) is 41.4 Å². The van der Waals surface area contributed by atoms with E-state index in [0.717, 1.165) is 10.7 Å². The zero-order chi connectivity index (χ0) is 21.3. The lowest BCUT2D eigenvalue weighted by molar-refractivity contribution is 0.341. The van der Waals surface area contributed by atoms with Crippen molar-refractivity contribution < 1.29 is 13.2 Å². The first-order chi connectivity index (χ1) is 13.7. The Morgan fingerprint density at radius 3 is 2.59 bits per heavy atom. The summed E-state index contributed by atoms with van der Waals surface area (Å²) in [6, 6.07) is 4.52. The molecule has 3 aromatic rings. The zero-order valence-electron chi connectivity index (χ0n) is 17.2. The first kappa shape index (κ1) is 21.0. The minimum atomic E-state index is -3.67. The fraction of sp³-hybridized carbons (Fsp3) is 0.421. The van der Waals surface area contributed by atoms with Crippen LogP contribution >= 0.6 is 0 Å². The summed E-state index contributed by atoms with van der Waals surface area (Å²) in [6.45, 7) is 5.99. The lowest BCUT2D eigenvalue weighted by Crippen LogP contribution is -2.22. The molecule has 2 heterocycles. The normalized spacial score (nSPS) is 12.1. The molecule has 156 valence electrons. The van der Waals surface area contributed by atoms with Crippen LogP contribution in [-0.2, 0) is 16.4 Å². The number of hydrogen-bond donors (Lipinski definition) is 1. The Labute approximate surface area is 169 Å². The Bertz CT molecular complexity index is 1210. The second kappa shape index (κ2) is 7.96. The molecule has 29 heavy (non-hydrogen) atoms. The minimum absolute atomic E-state index is 0.0827. The van der Waals surface area contributed by atoms with Gasteiger partial charge in [0.25, 0.3) is 5.56 Å². The van der Waals surface area contributed by atoms with Crippen molar-refractivity contribution in [2.45, 2.75) is 38.5 Å². The van der Waals surface area contributed by atoms with Crippen molar-refractivity contribution in [3.63, 3.8) is 0 Å². The highest BCUT2D eigenvalue weighted by Crippen LogP contribution is 2.31. The fourth-order valence-electron chi connectivity index (χ4n) is 3.09. The summed E-state index contributed by atoms with van der Waals surface area (Å²) in [7, 11) is -0.743. The molecule has 0 spiro atoms. The molecule has 0 fully saturated rings. The Hall–Kier alpha value is -2.72. The van der Waals surface area contributed by atoms with Gasteiger partial charge in [-0.3, -0.25) is 4.79 Å². The summed E-state index contributed by atoms with van der Waals surface area (Å²) < 4.78 is 33.5. The molecular formula is C19H25N5O4S. The molecule has 9 nitrogen and oxygen atoms in total. The summed E-state index contributed by atoms with van der Waals surface area (Å²) in [5.74, 6) is 1.33. The highest BCUT2D eigenvalue weighted by atomic mass is 32.2. The fourth-order valence-corrected chi connectivity index (χ4v) is 4.02. The van der Waals surface area contributed by atoms with E-state index in [2.05, 4.69) is 15.1 Å². The minimum Gasteiger partial charge on any atom is -0.493 e. The molecule has 1 N–H and O–H groups in total. The van der Waals surface area contributed by atoms with Crippen molar-refractivity contribution in [3.8, 4) is 17.1 Å². The van der Waals surface area contributed by atoms with Crippen LogP contribution in [0.2, 0.25) is 0 Å². The largest absolute Gasteiger partial charge is 0.493 e. The summed E-state index contributed by atoms with van der Waals surface area (Å²) in [6.07, 6.45) is 1.52. The Kier molecular flexibility index (Phi) is 5.76. The van der Waals surface area contributed by atoms with Gasteiger partial charge < -0.3 is 9.72 Å². The van der Waals surface area contributed by atoms with E-state index in [1.54, 1.807) is 13.0 Å². The standard InChI is InChI=1S/C19H25N5O4S/c1-6-8-16-20-12(3)17-19(25)21-18(22-24(16)17)14-11-13(29(26,27)23(4)5)9-10-15(14)28-7-2/h9-11H,6-8H2,1-5H3,(H,21,22,25). The van der Waals surface area contributed by atoms with Crippen LogP contribution in [0, 0.1) is 6.92 Å². The van der Waals surface area contributed by atoms with Crippen LogP contribution in [0.5, 0.6) is 5.75 Å². The molecule has 0 saturated carbocycles. The monoisotopic (exact) mass is 419 g/mol. The average Bonchev–Trinajstić information content (AvgIpc) is 2.98. The number of aromatic nitrogens is 4. The van der Waals surface area contributed by atoms with E-state index in [9.17, 15) is 13.2 Å². The molecule has 0 aliphatic rings. The maximum Gasteiger partial charge on any atom is 0.277 e. The smallest absolute Gasteiger partial charge is 0.277 e. The number of sulfonamides is 1. The lowest BCUT2D eigenvalue weighted by Gasteiger charge is -2.15. The van der Waals surface area contributed by atoms with Crippen LogP contribution in [0.4, 0.5) is 0 Å². The van der Waals surface area contributed by atoms with E-state index < -0.39 is 10.0 Å². The van der Waals surface area contributed by atoms with Gasteiger partial charge in [0.15, 0.2) is 11.3 Å². The van der Waals surface area contributed by atoms with E-state index in [1.807, 2.05) is 13.8 Å². The van der Waals surface area contributed by atoms with Crippen LogP contribution in [0.1, 0.15) is 31.8 Å². The van der Waals surface area contributed by atoms with Gasteiger partial charge in [0.2, 0.25) is 10.0 Å². The molecule has 0 amide bonds. The van der Waals surface area contributed by atoms with E-state index in [-0.39, 0.29) is 16.3 Å². The molecule has 0 radical (unpaired) electrons. The van der Waals surface area contributed by atoms with Crippen molar-refractivity contribution in [2.24, 2.45) is 0 Å². The maximum absolute atomic E-state index is 12.7. The Morgan fingerprint density at radius 2 is 1.97 bits per heavy atom. The van der Waals surface area contributed by atoms with Crippen LogP contribution < -0.4 is 10.3 Å². The molecule has 3 rings (SSSR count).